The average Bonchev–Trinajstić information content (AvgIpc) is 2.18. The molecule has 0 atom stereocenters. The standard InChI is InChI=1S/C6H4Br2S/c7-3-1-6-5(8)2-4-9-6/h1-4H. The number of rotatable bonds is 1. The fraction of sp³-hybridized carbons (Fsp3) is 0. The second kappa shape index (κ2) is 3.54. The molecule has 0 aromatic carbocycles. The SMILES string of the molecule is BrC=Cc1sccc1Br. The van der Waals surface area contributed by atoms with Crippen LogP contribution in [-0.4, -0.2) is 0 Å². The Labute approximate surface area is 74.8 Å². The van der Waals surface area contributed by atoms with Gasteiger partial charge < -0.3 is 0 Å². The summed E-state index contributed by atoms with van der Waals surface area (Å²) >= 11 is 8.33. The number of hydrogen-bond acceptors (Lipinski definition) is 1. The van der Waals surface area contributed by atoms with E-state index in [2.05, 4.69) is 31.9 Å². The first-order chi connectivity index (χ1) is 4.34. The van der Waals surface area contributed by atoms with Crippen molar-refractivity contribution in [2.75, 3.05) is 0 Å². The van der Waals surface area contributed by atoms with E-state index in [0.717, 1.165) is 4.47 Å². The second-order valence-corrected chi connectivity index (χ2v) is 3.76. The smallest absolute Gasteiger partial charge is 0.0417 e. The van der Waals surface area contributed by atoms with Gasteiger partial charge in [-0.3, -0.25) is 0 Å². The molecule has 1 heterocycles. The van der Waals surface area contributed by atoms with Crippen LogP contribution in [-0.2, 0) is 0 Å². The van der Waals surface area contributed by atoms with Crippen LogP contribution in [0.5, 0.6) is 0 Å². The Balaban J connectivity index is 2.94. The van der Waals surface area contributed by atoms with Crippen molar-refractivity contribution in [3.8, 4) is 0 Å². The fourth-order valence-corrected chi connectivity index (χ4v) is 2.32. The van der Waals surface area contributed by atoms with Crippen LogP contribution >= 0.6 is 43.2 Å². The zero-order valence-corrected chi connectivity index (χ0v) is 8.46. The van der Waals surface area contributed by atoms with Crippen molar-refractivity contribution in [1.29, 1.82) is 0 Å². The molecule has 0 fully saturated rings. The van der Waals surface area contributed by atoms with E-state index in [4.69, 9.17) is 0 Å². The molecular formula is C6H4Br2S. The molecule has 0 radical (unpaired) electrons. The van der Waals surface area contributed by atoms with Crippen molar-refractivity contribution in [1.82, 2.24) is 0 Å². The van der Waals surface area contributed by atoms with Crippen molar-refractivity contribution in [2.24, 2.45) is 0 Å². The van der Waals surface area contributed by atoms with E-state index in [-0.39, 0.29) is 0 Å². The summed E-state index contributed by atoms with van der Waals surface area (Å²) < 4.78 is 1.16. The molecule has 1 rings (SSSR count). The molecule has 0 nitrogen and oxygen atoms in total. The molecule has 0 aliphatic rings. The highest BCUT2D eigenvalue weighted by atomic mass is 79.9. The number of thiophene rings is 1. The molecule has 9 heavy (non-hydrogen) atoms. The van der Waals surface area contributed by atoms with Crippen LogP contribution in [0.3, 0.4) is 0 Å². The average molecular weight is 268 g/mol. The van der Waals surface area contributed by atoms with Crippen molar-refractivity contribution < 1.29 is 0 Å². The number of hydrogen-bond donors (Lipinski definition) is 0. The lowest BCUT2D eigenvalue weighted by Crippen LogP contribution is -1.56. The van der Waals surface area contributed by atoms with Crippen molar-refractivity contribution in [3.05, 3.63) is 25.8 Å². The Hall–Kier alpha value is 0.400. The van der Waals surface area contributed by atoms with Gasteiger partial charge in [-0.15, -0.1) is 11.3 Å². The molecule has 0 unspecified atom stereocenters. The summed E-state index contributed by atoms with van der Waals surface area (Å²) in [6.45, 7) is 0. The summed E-state index contributed by atoms with van der Waals surface area (Å²) in [5.74, 6) is 0. The van der Waals surface area contributed by atoms with Gasteiger partial charge in [0.25, 0.3) is 0 Å². The van der Waals surface area contributed by atoms with Gasteiger partial charge >= 0.3 is 0 Å². The third kappa shape index (κ3) is 1.92. The van der Waals surface area contributed by atoms with Crippen LogP contribution in [0.1, 0.15) is 4.88 Å². The molecule has 0 N–H and O–H groups in total. The molecule has 1 aromatic heterocycles. The van der Waals surface area contributed by atoms with Gasteiger partial charge in [-0.05, 0) is 38.4 Å². The lowest BCUT2D eigenvalue weighted by Gasteiger charge is -1.82. The van der Waals surface area contributed by atoms with Crippen LogP contribution in [0.15, 0.2) is 20.9 Å². The highest BCUT2D eigenvalue weighted by Gasteiger charge is 1.93. The minimum absolute atomic E-state index is 1.16. The van der Waals surface area contributed by atoms with Crippen molar-refractivity contribution in [3.63, 3.8) is 0 Å². The normalized spacial score (nSPS) is 10.9. The Bertz CT molecular complexity index is 215. The largest absolute Gasteiger partial charge is 0.143 e. The maximum atomic E-state index is 3.41. The second-order valence-electron chi connectivity index (χ2n) is 1.43. The first kappa shape index (κ1) is 7.51. The minimum atomic E-state index is 1.16. The molecule has 0 aliphatic carbocycles. The van der Waals surface area contributed by atoms with Crippen LogP contribution in [0.4, 0.5) is 0 Å². The van der Waals surface area contributed by atoms with Gasteiger partial charge in [0.2, 0.25) is 0 Å². The van der Waals surface area contributed by atoms with Crippen LogP contribution in [0.2, 0.25) is 0 Å². The lowest BCUT2D eigenvalue weighted by molar-refractivity contribution is 1.84. The summed E-state index contributed by atoms with van der Waals surface area (Å²) in [5, 5.41) is 2.05. The summed E-state index contributed by atoms with van der Waals surface area (Å²) in [7, 11) is 0. The first-order valence-corrected chi connectivity index (χ1v) is 4.93. The summed E-state index contributed by atoms with van der Waals surface area (Å²) in [6.07, 6.45) is 2.01. The Morgan fingerprint density at radius 3 is 2.78 bits per heavy atom. The molecule has 0 saturated carbocycles. The molecule has 48 valence electrons. The Morgan fingerprint density at radius 2 is 2.33 bits per heavy atom. The lowest BCUT2D eigenvalue weighted by atomic mass is 10.5. The number of halogens is 2. The molecule has 0 spiro atoms. The molecule has 0 aliphatic heterocycles. The van der Waals surface area contributed by atoms with Gasteiger partial charge in [-0.1, -0.05) is 15.9 Å². The summed E-state index contributed by atoms with van der Waals surface area (Å²) in [5.41, 5.74) is 0. The van der Waals surface area contributed by atoms with Gasteiger partial charge in [-0.25, -0.2) is 0 Å². The zero-order chi connectivity index (χ0) is 6.69. The van der Waals surface area contributed by atoms with E-state index in [9.17, 15) is 0 Å². The van der Waals surface area contributed by atoms with Gasteiger partial charge in [-0.2, -0.15) is 0 Å². The summed E-state index contributed by atoms with van der Waals surface area (Å²) in [4.78, 5) is 3.09. The Kier molecular flexibility index (Phi) is 2.95. The van der Waals surface area contributed by atoms with Crippen LogP contribution in [0.25, 0.3) is 6.08 Å². The van der Waals surface area contributed by atoms with Gasteiger partial charge in [0.05, 0.1) is 0 Å². The molecular weight excluding hydrogens is 264 g/mol. The highest BCUT2D eigenvalue weighted by molar-refractivity contribution is 9.11. The third-order valence-electron chi connectivity index (χ3n) is 0.859. The predicted octanol–water partition coefficient (Wildman–Crippen LogP) is 3.88. The van der Waals surface area contributed by atoms with Gasteiger partial charge in [0, 0.05) is 9.35 Å². The molecule has 1 aromatic rings. The van der Waals surface area contributed by atoms with Gasteiger partial charge in [0.15, 0.2) is 0 Å². The summed E-state index contributed by atoms with van der Waals surface area (Å²) in [6, 6.07) is 2.03. The maximum absolute atomic E-state index is 3.41. The minimum Gasteiger partial charge on any atom is -0.143 e. The highest BCUT2D eigenvalue weighted by Crippen LogP contribution is 2.23. The van der Waals surface area contributed by atoms with E-state index < -0.39 is 0 Å². The topological polar surface area (TPSA) is 0 Å². The van der Waals surface area contributed by atoms with E-state index in [1.54, 1.807) is 11.3 Å². The zero-order valence-electron chi connectivity index (χ0n) is 4.47. The van der Waals surface area contributed by atoms with E-state index in [0.29, 0.717) is 0 Å². The Morgan fingerprint density at radius 1 is 1.56 bits per heavy atom. The monoisotopic (exact) mass is 266 g/mol. The van der Waals surface area contributed by atoms with Crippen molar-refractivity contribution in [2.45, 2.75) is 0 Å². The maximum Gasteiger partial charge on any atom is 0.0417 e. The first-order valence-electron chi connectivity index (χ1n) is 2.34. The fourth-order valence-electron chi connectivity index (χ4n) is 0.482. The van der Waals surface area contributed by atoms with E-state index >= 15 is 0 Å². The molecule has 0 bridgehead atoms. The molecule has 0 amide bonds. The van der Waals surface area contributed by atoms with Crippen LogP contribution in [0, 0.1) is 0 Å². The third-order valence-corrected chi connectivity index (χ3v) is 2.96. The molecule has 3 heteroatoms. The predicted molar refractivity (Wildman–Crippen MR) is 50.0 cm³/mol. The van der Waals surface area contributed by atoms with Crippen molar-refractivity contribution >= 4 is 49.3 Å². The van der Waals surface area contributed by atoms with E-state index in [1.165, 1.54) is 4.88 Å². The molecule has 0 saturated heterocycles. The van der Waals surface area contributed by atoms with E-state index in [1.807, 2.05) is 22.5 Å². The quantitative estimate of drug-likeness (QED) is 0.725. The van der Waals surface area contributed by atoms with Crippen LogP contribution < -0.4 is 0 Å². The van der Waals surface area contributed by atoms with Gasteiger partial charge in [0.1, 0.15) is 0 Å².